The Morgan fingerprint density at radius 1 is 1.17 bits per heavy atom. The second-order valence-electron chi connectivity index (χ2n) is 3.71. The van der Waals surface area contributed by atoms with Crippen molar-refractivity contribution in [2.45, 2.75) is 26.7 Å². The third-order valence-corrected chi connectivity index (χ3v) is 2.50. The summed E-state index contributed by atoms with van der Waals surface area (Å²) in [5.41, 5.74) is 4.33. The normalized spacial score (nSPS) is 24.0. The topological polar surface area (TPSA) is 0 Å². The number of rotatable bonds is 0. The second kappa shape index (κ2) is 2.93. The van der Waals surface area contributed by atoms with Gasteiger partial charge in [0, 0.05) is 5.92 Å². The van der Waals surface area contributed by atoms with Crippen molar-refractivity contribution in [2.75, 3.05) is 0 Å². The minimum atomic E-state index is 1.15. The van der Waals surface area contributed by atoms with E-state index in [1.165, 1.54) is 23.1 Å². The van der Waals surface area contributed by atoms with Crippen molar-refractivity contribution in [3.63, 3.8) is 0 Å². The number of hydrogen-bond acceptors (Lipinski definition) is 0. The van der Waals surface area contributed by atoms with Gasteiger partial charge in [-0.3, -0.25) is 0 Å². The zero-order valence-electron chi connectivity index (χ0n) is 7.72. The Labute approximate surface area is 74.7 Å². The fourth-order valence-corrected chi connectivity index (χ4v) is 1.78. The number of hydrogen-bond donors (Lipinski definition) is 0. The molecule has 2 radical (unpaired) electrons. The molecular weight excluding hydrogens is 144 g/mol. The van der Waals surface area contributed by atoms with E-state index >= 15 is 0 Å². The molecule has 0 fully saturated rings. The van der Waals surface area contributed by atoms with Gasteiger partial charge in [0.05, 0.1) is 0 Å². The monoisotopic (exact) mass is 158 g/mol. The maximum atomic E-state index is 2.31. The van der Waals surface area contributed by atoms with Crippen LogP contribution in [0.1, 0.15) is 26.7 Å². The summed E-state index contributed by atoms with van der Waals surface area (Å²) in [5.74, 6) is 1.58. The van der Waals surface area contributed by atoms with E-state index in [2.05, 4.69) is 38.5 Å². The molecule has 2 rings (SSSR count). The highest BCUT2D eigenvalue weighted by molar-refractivity contribution is 5.49. The Bertz CT molecular complexity index is 276. The smallest absolute Gasteiger partial charge is 0.00960 e. The van der Waals surface area contributed by atoms with Gasteiger partial charge in [0.2, 0.25) is 0 Å². The first-order valence-electron chi connectivity index (χ1n) is 4.50. The zero-order valence-corrected chi connectivity index (χ0v) is 7.72. The van der Waals surface area contributed by atoms with E-state index in [4.69, 9.17) is 0 Å². The Morgan fingerprint density at radius 2 is 2.00 bits per heavy atom. The van der Waals surface area contributed by atoms with Crippen molar-refractivity contribution in [3.05, 3.63) is 47.3 Å². The highest BCUT2D eigenvalue weighted by Gasteiger charge is 2.20. The highest BCUT2D eigenvalue weighted by Crippen LogP contribution is 2.36. The zero-order chi connectivity index (χ0) is 8.55. The molecule has 0 aromatic carbocycles. The molecule has 0 nitrogen and oxygen atoms in total. The van der Waals surface area contributed by atoms with Gasteiger partial charge >= 0.3 is 0 Å². The molecule has 0 bridgehead atoms. The number of allylic oxidation sites excluding steroid dienone is 6. The van der Waals surface area contributed by atoms with Crippen LogP contribution in [0.25, 0.3) is 0 Å². The first-order chi connectivity index (χ1) is 5.75. The quantitative estimate of drug-likeness (QED) is 0.507. The van der Waals surface area contributed by atoms with E-state index < -0.39 is 0 Å². The summed E-state index contributed by atoms with van der Waals surface area (Å²) in [5, 5.41) is 0. The van der Waals surface area contributed by atoms with Gasteiger partial charge in [0.25, 0.3) is 0 Å². The van der Waals surface area contributed by atoms with Crippen LogP contribution in [0, 0.1) is 12.3 Å². The van der Waals surface area contributed by atoms with Crippen LogP contribution in [0.3, 0.4) is 0 Å². The van der Waals surface area contributed by atoms with Gasteiger partial charge in [0.1, 0.15) is 0 Å². The van der Waals surface area contributed by atoms with Gasteiger partial charge in [-0.1, -0.05) is 29.4 Å². The molecule has 0 saturated carbocycles. The van der Waals surface area contributed by atoms with Crippen molar-refractivity contribution in [1.29, 1.82) is 0 Å². The Balaban J connectivity index is 2.29. The van der Waals surface area contributed by atoms with Gasteiger partial charge in [-0.05, 0) is 38.7 Å². The van der Waals surface area contributed by atoms with E-state index in [9.17, 15) is 0 Å². The molecule has 0 amide bonds. The first-order valence-corrected chi connectivity index (χ1v) is 4.50. The van der Waals surface area contributed by atoms with E-state index in [1.807, 2.05) is 0 Å². The predicted molar refractivity (Wildman–Crippen MR) is 52.4 cm³/mol. The summed E-state index contributed by atoms with van der Waals surface area (Å²) < 4.78 is 0. The lowest BCUT2D eigenvalue weighted by atomic mass is 9.79. The van der Waals surface area contributed by atoms with E-state index in [1.54, 1.807) is 5.92 Å². The third-order valence-electron chi connectivity index (χ3n) is 2.50. The fraction of sp³-hybridized carbons (Fsp3) is 0.333. The number of fused-ring (bicyclic) bond motifs is 1. The van der Waals surface area contributed by atoms with E-state index in [0.717, 1.165) is 6.42 Å². The Hall–Kier alpha value is -0.780. The highest BCUT2D eigenvalue weighted by atomic mass is 14.2. The molecule has 0 spiro atoms. The van der Waals surface area contributed by atoms with Crippen molar-refractivity contribution < 1.29 is 0 Å². The fourth-order valence-electron chi connectivity index (χ4n) is 1.78. The van der Waals surface area contributed by atoms with Gasteiger partial charge in [0.15, 0.2) is 0 Å². The molecular formula is C12H14. The lowest BCUT2D eigenvalue weighted by Gasteiger charge is -2.25. The summed E-state index contributed by atoms with van der Waals surface area (Å²) in [4.78, 5) is 0. The molecule has 0 heteroatoms. The SMILES string of the molecule is CC1=CC2=CC=C(C)C[C]2C[CH]1. The molecule has 0 saturated heterocycles. The van der Waals surface area contributed by atoms with Crippen molar-refractivity contribution in [1.82, 2.24) is 0 Å². The van der Waals surface area contributed by atoms with Crippen molar-refractivity contribution >= 4 is 0 Å². The van der Waals surface area contributed by atoms with Crippen LogP contribution in [0.15, 0.2) is 34.9 Å². The van der Waals surface area contributed by atoms with E-state index in [-0.39, 0.29) is 0 Å². The predicted octanol–water partition coefficient (Wildman–Crippen LogP) is 3.39. The lowest BCUT2D eigenvalue weighted by molar-refractivity contribution is 0.847. The average molecular weight is 158 g/mol. The maximum Gasteiger partial charge on any atom is 0.00960 e. The van der Waals surface area contributed by atoms with Crippen LogP contribution in [0.2, 0.25) is 0 Å². The molecule has 12 heavy (non-hydrogen) atoms. The molecule has 0 heterocycles. The molecule has 0 N–H and O–H groups in total. The molecule has 2 aliphatic carbocycles. The van der Waals surface area contributed by atoms with Crippen LogP contribution >= 0.6 is 0 Å². The molecule has 2 aliphatic rings. The molecule has 0 aromatic rings. The van der Waals surface area contributed by atoms with Crippen LogP contribution in [-0.4, -0.2) is 0 Å². The summed E-state index contributed by atoms with van der Waals surface area (Å²) in [6, 6.07) is 0. The standard InChI is InChI=1S/C12H14/c1-9-3-5-12-8-10(2)4-6-11(12)7-9/h3-5,8H,6-7H2,1-2H3. The van der Waals surface area contributed by atoms with Gasteiger partial charge < -0.3 is 0 Å². The molecule has 0 unspecified atom stereocenters. The molecule has 0 atom stereocenters. The third kappa shape index (κ3) is 1.38. The van der Waals surface area contributed by atoms with Crippen LogP contribution < -0.4 is 0 Å². The van der Waals surface area contributed by atoms with Crippen LogP contribution in [0.5, 0.6) is 0 Å². The second-order valence-corrected chi connectivity index (χ2v) is 3.71. The maximum absolute atomic E-state index is 2.31. The average Bonchev–Trinajstić information content (AvgIpc) is 2.05. The van der Waals surface area contributed by atoms with Gasteiger partial charge in [-0.25, -0.2) is 0 Å². The largest absolute Gasteiger partial charge is 0.0724 e. The summed E-state index contributed by atoms with van der Waals surface area (Å²) in [6.45, 7) is 4.37. The summed E-state index contributed by atoms with van der Waals surface area (Å²) in [6.07, 6.45) is 11.4. The summed E-state index contributed by atoms with van der Waals surface area (Å²) in [7, 11) is 0. The first kappa shape index (κ1) is 7.85. The van der Waals surface area contributed by atoms with Crippen molar-refractivity contribution in [2.24, 2.45) is 0 Å². The van der Waals surface area contributed by atoms with E-state index in [0.29, 0.717) is 0 Å². The lowest BCUT2D eigenvalue weighted by Crippen LogP contribution is -2.09. The van der Waals surface area contributed by atoms with Gasteiger partial charge in [-0.2, -0.15) is 0 Å². The van der Waals surface area contributed by atoms with Crippen LogP contribution in [0.4, 0.5) is 0 Å². The Morgan fingerprint density at radius 3 is 2.83 bits per heavy atom. The summed E-state index contributed by atoms with van der Waals surface area (Å²) >= 11 is 0. The van der Waals surface area contributed by atoms with Crippen molar-refractivity contribution in [3.8, 4) is 0 Å². The molecule has 0 aromatic heterocycles. The Kier molecular flexibility index (Phi) is 1.92. The molecule has 0 aliphatic heterocycles. The van der Waals surface area contributed by atoms with Gasteiger partial charge in [-0.15, -0.1) is 0 Å². The van der Waals surface area contributed by atoms with Crippen LogP contribution in [-0.2, 0) is 0 Å². The minimum Gasteiger partial charge on any atom is -0.0724 e. The minimum absolute atomic E-state index is 1.15. The molecule has 62 valence electrons.